The van der Waals surface area contributed by atoms with Crippen LogP contribution in [0.3, 0.4) is 0 Å². The van der Waals surface area contributed by atoms with Crippen LogP contribution in [0.25, 0.3) is 10.9 Å². The van der Waals surface area contributed by atoms with E-state index in [4.69, 9.17) is 4.74 Å². The van der Waals surface area contributed by atoms with Crippen LogP contribution in [-0.4, -0.2) is 29.1 Å². The highest BCUT2D eigenvalue weighted by molar-refractivity contribution is 5.85. The molecule has 1 aliphatic rings. The zero-order valence-electron chi connectivity index (χ0n) is 16.3. The van der Waals surface area contributed by atoms with Gasteiger partial charge in [0, 0.05) is 36.8 Å². The molecule has 1 fully saturated rings. The molecule has 3 aromatic rings. The molecule has 0 bridgehead atoms. The number of ether oxygens (including phenoxy) is 1. The molecule has 0 atom stereocenters. The highest BCUT2D eigenvalue weighted by atomic mass is 16.5. The standard InChI is InChI=1S/C24H28N2O/c1-3-19-8-10-20(11-9-19)17-26-14-12-21(13-15-26)27-24-16-18(2)25-23-7-5-4-6-22(23)24/h4-11,16,21H,3,12-15,17H2,1-2H3. The molecule has 0 spiro atoms. The Kier molecular flexibility index (Phi) is 5.40. The maximum Gasteiger partial charge on any atom is 0.130 e. The molecule has 3 nitrogen and oxygen atoms in total. The minimum absolute atomic E-state index is 0.286. The average molecular weight is 361 g/mol. The fraction of sp³-hybridized carbons (Fsp3) is 0.375. The monoisotopic (exact) mass is 360 g/mol. The third-order valence-electron chi connectivity index (χ3n) is 5.47. The molecule has 4 rings (SSSR count). The second kappa shape index (κ2) is 8.10. The SMILES string of the molecule is CCc1ccc(CN2CCC(Oc3cc(C)nc4ccccc34)CC2)cc1. The largest absolute Gasteiger partial charge is 0.490 e. The molecule has 0 saturated carbocycles. The van der Waals surface area contributed by atoms with Crippen LogP contribution in [0.1, 0.15) is 36.6 Å². The summed E-state index contributed by atoms with van der Waals surface area (Å²) in [6, 6.07) is 19.4. The quantitative estimate of drug-likeness (QED) is 0.629. The third kappa shape index (κ3) is 4.30. The molecule has 0 amide bonds. The fourth-order valence-corrected chi connectivity index (χ4v) is 3.87. The van der Waals surface area contributed by atoms with Gasteiger partial charge in [-0.1, -0.05) is 43.3 Å². The molecule has 0 N–H and O–H groups in total. The van der Waals surface area contributed by atoms with E-state index in [1.165, 1.54) is 11.1 Å². The molecule has 2 aromatic carbocycles. The topological polar surface area (TPSA) is 25.4 Å². The summed E-state index contributed by atoms with van der Waals surface area (Å²) in [5.74, 6) is 0.978. The number of rotatable bonds is 5. The van der Waals surface area contributed by atoms with E-state index in [-0.39, 0.29) is 6.10 Å². The second-order valence-electron chi connectivity index (χ2n) is 7.54. The number of piperidine rings is 1. The predicted molar refractivity (Wildman–Crippen MR) is 111 cm³/mol. The van der Waals surface area contributed by atoms with Gasteiger partial charge in [0.2, 0.25) is 0 Å². The normalized spacial score (nSPS) is 15.9. The summed E-state index contributed by atoms with van der Waals surface area (Å²) in [7, 11) is 0. The van der Waals surface area contributed by atoms with Crippen LogP contribution < -0.4 is 4.74 Å². The van der Waals surface area contributed by atoms with Crippen molar-refractivity contribution in [2.75, 3.05) is 13.1 Å². The smallest absolute Gasteiger partial charge is 0.130 e. The van der Waals surface area contributed by atoms with E-state index in [0.29, 0.717) is 0 Å². The van der Waals surface area contributed by atoms with Crippen molar-refractivity contribution in [2.24, 2.45) is 0 Å². The zero-order valence-corrected chi connectivity index (χ0v) is 16.3. The van der Waals surface area contributed by atoms with Gasteiger partial charge in [-0.05, 0) is 49.4 Å². The molecule has 1 aliphatic heterocycles. The lowest BCUT2D eigenvalue weighted by Crippen LogP contribution is -2.37. The van der Waals surface area contributed by atoms with Crippen LogP contribution >= 0.6 is 0 Å². The molecule has 1 saturated heterocycles. The molecule has 0 unspecified atom stereocenters. The number of likely N-dealkylation sites (tertiary alicyclic amines) is 1. The number of aromatic nitrogens is 1. The molecule has 27 heavy (non-hydrogen) atoms. The van der Waals surface area contributed by atoms with Crippen LogP contribution in [0.5, 0.6) is 5.75 Å². The predicted octanol–water partition coefficient (Wildman–Crippen LogP) is 5.15. The van der Waals surface area contributed by atoms with E-state index in [1.54, 1.807) is 0 Å². The molecule has 0 aliphatic carbocycles. The van der Waals surface area contributed by atoms with Crippen molar-refractivity contribution in [1.82, 2.24) is 9.88 Å². The molecule has 140 valence electrons. The number of aryl methyl sites for hydroxylation is 2. The minimum atomic E-state index is 0.286. The lowest BCUT2D eigenvalue weighted by molar-refractivity contribution is 0.0979. The Bertz CT molecular complexity index is 896. The summed E-state index contributed by atoms with van der Waals surface area (Å²) < 4.78 is 6.41. The van der Waals surface area contributed by atoms with Gasteiger partial charge in [-0.2, -0.15) is 0 Å². The van der Waals surface area contributed by atoms with Gasteiger partial charge >= 0.3 is 0 Å². The third-order valence-corrected chi connectivity index (χ3v) is 5.47. The summed E-state index contributed by atoms with van der Waals surface area (Å²) in [5.41, 5.74) is 4.84. The van der Waals surface area contributed by atoms with Crippen molar-refractivity contribution in [1.29, 1.82) is 0 Å². The Morgan fingerprint density at radius 3 is 2.44 bits per heavy atom. The summed E-state index contributed by atoms with van der Waals surface area (Å²) >= 11 is 0. The number of hydrogen-bond acceptors (Lipinski definition) is 3. The van der Waals surface area contributed by atoms with Crippen molar-refractivity contribution >= 4 is 10.9 Å². The Balaban J connectivity index is 1.37. The Hall–Kier alpha value is -2.39. The highest BCUT2D eigenvalue weighted by Crippen LogP contribution is 2.28. The molecular formula is C24H28N2O. The van der Waals surface area contributed by atoms with Gasteiger partial charge in [-0.25, -0.2) is 0 Å². The maximum absolute atomic E-state index is 6.41. The lowest BCUT2D eigenvalue weighted by atomic mass is 10.1. The summed E-state index contributed by atoms with van der Waals surface area (Å²) in [6.07, 6.45) is 3.53. The average Bonchev–Trinajstić information content (AvgIpc) is 2.70. The zero-order chi connectivity index (χ0) is 18.6. The van der Waals surface area contributed by atoms with Crippen molar-refractivity contribution in [2.45, 2.75) is 45.8 Å². The van der Waals surface area contributed by atoms with Crippen LogP contribution in [0.15, 0.2) is 54.6 Å². The van der Waals surface area contributed by atoms with E-state index in [1.807, 2.05) is 13.0 Å². The van der Waals surface area contributed by atoms with Gasteiger partial charge < -0.3 is 4.74 Å². The first-order valence-electron chi connectivity index (χ1n) is 10.0. The van der Waals surface area contributed by atoms with E-state index in [9.17, 15) is 0 Å². The van der Waals surface area contributed by atoms with Crippen LogP contribution in [-0.2, 0) is 13.0 Å². The lowest BCUT2D eigenvalue weighted by Gasteiger charge is -2.32. The molecule has 1 aromatic heterocycles. The van der Waals surface area contributed by atoms with Gasteiger partial charge in [0.05, 0.1) is 5.52 Å². The van der Waals surface area contributed by atoms with Gasteiger partial charge in [0.1, 0.15) is 11.9 Å². The van der Waals surface area contributed by atoms with Crippen LogP contribution in [0, 0.1) is 6.92 Å². The minimum Gasteiger partial charge on any atom is -0.490 e. The Morgan fingerprint density at radius 2 is 1.70 bits per heavy atom. The van der Waals surface area contributed by atoms with Crippen molar-refractivity contribution in [3.63, 3.8) is 0 Å². The molecule has 2 heterocycles. The molecular weight excluding hydrogens is 332 g/mol. The number of para-hydroxylation sites is 1. The highest BCUT2D eigenvalue weighted by Gasteiger charge is 2.21. The van der Waals surface area contributed by atoms with Gasteiger partial charge in [-0.15, -0.1) is 0 Å². The summed E-state index contributed by atoms with van der Waals surface area (Å²) in [5, 5.41) is 1.11. The molecule has 0 radical (unpaired) electrons. The van der Waals surface area contributed by atoms with E-state index in [0.717, 1.165) is 61.2 Å². The Morgan fingerprint density at radius 1 is 1.00 bits per heavy atom. The first kappa shape index (κ1) is 18.0. The van der Waals surface area contributed by atoms with Crippen molar-refractivity contribution in [3.8, 4) is 5.75 Å². The molecule has 3 heteroatoms. The summed E-state index contributed by atoms with van der Waals surface area (Å²) in [4.78, 5) is 7.15. The van der Waals surface area contributed by atoms with Gasteiger partial charge in [0.15, 0.2) is 0 Å². The van der Waals surface area contributed by atoms with E-state index >= 15 is 0 Å². The number of nitrogens with zero attached hydrogens (tertiary/aromatic N) is 2. The van der Waals surface area contributed by atoms with Crippen molar-refractivity contribution in [3.05, 3.63) is 71.4 Å². The van der Waals surface area contributed by atoms with Crippen LogP contribution in [0.2, 0.25) is 0 Å². The number of fused-ring (bicyclic) bond motifs is 1. The number of hydrogen-bond donors (Lipinski definition) is 0. The first-order valence-corrected chi connectivity index (χ1v) is 10.0. The van der Waals surface area contributed by atoms with E-state index in [2.05, 4.69) is 65.3 Å². The second-order valence-corrected chi connectivity index (χ2v) is 7.54. The maximum atomic E-state index is 6.41. The van der Waals surface area contributed by atoms with E-state index < -0.39 is 0 Å². The number of pyridine rings is 1. The first-order chi connectivity index (χ1) is 13.2. The van der Waals surface area contributed by atoms with Crippen molar-refractivity contribution < 1.29 is 4.74 Å². The fourth-order valence-electron chi connectivity index (χ4n) is 3.87. The Labute approximate surface area is 162 Å². The van der Waals surface area contributed by atoms with Gasteiger partial charge in [0.25, 0.3) is 0 Å². The van der Waals surface area contributed by atoms with Crippen LogP contribution in [0.4, 0.5) is 0 Å². The van der Waals surface area contributed by atoms with Gasteiger partial charge in [-0.3, -0.25) is 9.88 Å². The summed E-state index contributed by atoms with van der Waals surface area (Å²) in [6.45, 7) is 7.44. The number of benzene rings is 2.